The van der Waals surface area contributed by atoms with Gasteiger partial charge in [-0.15, -0.1) is 0 Å². The van der Waals surface area contributed by atoms with E-state index in [1.54, 1.807) is 0 Å². The first kappa shape index (κ1) is 13.3. The number of thiazole rings is 1. The Kier molecular flexibility index (Phi) is 3.87. The zero-order valence-electron chi connectivity index (χ0n) is 11.1. The second-order valence-corrected chi connectivity index (χ2v) is 5.92. The van der Waals surface area contributed by atoms with Gasteiger partial charge in [0, 0.05) is 32.2 Å². The number of piperazine rings is 1. The minimum Gasteiger partial charge on any atom is -0.375 e. The Morgan fingerprint density at radius 1 is 1.33 bits per heavy atom. The fraction of sp³-hybridized carbons (Fsp3) is 0.667. The van der Waals surface area contributed by atoms with E-state index in [1.165, 1.54) is 11.3 Å². The summed E-state index contributed by atoms with van der Waals surface area (Å²) in [5, 5.41) is 0.469. The lowest BCUT2D eigenvalue weighted by Crippen LogP contribution is -2.50. The van der Waals surface area contributed by atoms with Crippen molar-refractivity contribution in [3.63, 3.8) is 0 Å². The molecule has 0 atom stereocenters. The molecule has 6 heteroatoms. The van der Waals surface area contributed by atoms with E-state index in [2.05, 4.69) is 23.7 Å². The number of hydrogen-bond donors (Lipinski definition) is 1. The van der Waals surface area contributed by atoms with Crippen LogP contribution in [0.15, 0.2) is 0 Å². The first-order valence-electron chi connectivity index (χ1n) is 6.25. The summed E-state index contributed by atoms with van der Waals surface area (Å²) in [4.78, 5) is 21.4. The van der Waals surface area contributed by atoms with Gasteiger partial charge in [-0.3, -0.25) is 9.69 Å². The van der Waals surface area contributed by atoms with E-state index in [4.69, 9.17) is 5.73 Å². The third-order valence-corrected chi connectivity index (χ3v) is 4.31. The lowest BCUT2D eigenvalue weighted by molar-refractivity contribution is 0.0599. The van der Waals surface area contributed by atoms with Crippen molar-refractivity contribution in [3.05, 3.63) is 10.6 Å². The normalized spacial score (nSPS) is 17.4. The average molecular weight is 268 g/mol. The number of amides is 1. The summed E-state index contributed by atoms with van der Waals surface area (Å²) < 4.78 is 0. The number of aryl methyl sites for hydroxylation is 1. The molecule has 0 radical (unpaired) electrons. The highest BCUT2D eigenvalue weighted by molar-refractivity contribution is 7.17. The molecule has 5 nitrogen and oxygen atoms in total. The van der Waals surface area contributed by atoms with Crippen molar-refractivity contribution in [1.29, 1.82) is 0 Å². The molecule has 0 unspecified atom stereocenters. The van der Waals surface area contributed by atoms with Gasteiger partial charge in [0.1, 0.15) is 4.88 Å². The zero-order chi connectivity index (χ0) is 13.3. The van der Waals surface area contributed by atoms with Crippen LogP contribution in [0.2, 0.25) is 0 Å². The van der Waals surface area contributed by atoms with Crippen molar-refractivity contribution in [3.8, 4) is 0 Å². The SMILES string of the molecule is Cc1nc(N)sc1C(=O)N1CCN(C(C)C)CC1. The Morgan fingerprint density at radius 3 is 2.39 bits per heavy atom. The number of rotatable bonds is 2. The number of nitrogen functional groups attached to an aromatic ring is 1. The van der Waals surface area contributed by atoms with Crippen molar-refractivity contribution in [2.24, 2.45) is 0 Å². The van der Waals surface area contributed by atoms with Crippen LogP contribution in [-0.2, 0) is 0 Å². The Morgan fingerprint density at radius 2 is 1.94 bits per heavy atom. The summed E-state index contributed by atoms with van der Waals surface area (Å²) in [6.07, 6.45) is 0. The first-order chi connectivity index (χ1) is 8.49. The minimum absolute atomic E-state index is 0.0742. The van der Waals surface area contributed by atoms with E-state index in [1.807, 2.05) is 11.8 Å². The predicted octanol–water partition coefficient (Wildman–Crippen LogP) is 1.20. The fourth-order valence-corrected chi connectivity index (χ4v) is 3.00. The molecule has 0 spiro atoms. The molecule has 1 saturated heterocycles. The lowest BCUT2D eigenvalue weighted by Gasteiger charge is -2.36. The van der Waals surface area contributed by atoms with Gasteiger partial charge in [-0.2, -0.15) is 0 Å². The smallest absolute Gasteiger partial charge is 0.266 e. The number of hydrogen-bond acceptors (Lipinski definition) is 5. The molecule has 1 aromatic heterocycles. The summed E-state index contributed by atoms with van der Waals surface area (Å²) in [7, 11) is 0. The van der Waals surface area contributed by atoms with E-state index in [0.29, 0.717) is 16.1 Å². The number of carbonyl (C=O) groups excluding carboxylic acids is 1. The molecule has 18 heavy (non-hydrogen) atoms. The van der Waals surface area contributed by atoms with Gasteiger partial charge in [0.05, 0.1) is 5.69 Å². The van der Waals surface area contributed by atoms with Gasteiger partial charge in [-0.25, -0.2) is 4.98 Å². The molecule has 0 aromatic carbocycles. The summed E-state index contributed by atoms with van der Waals surface area (Å²) in [5.74, 6) is 0.0742. The molecule has 1 amide bonds. The highest BCUT2D eigenvalue weighted by Crippen LogP contribution is 2.22. The van der Waals surface area contributed by atoms with Gasteiger partial charge in [0.2, 0.25) is 0 Å². The van der Waals surface area contributed by atoms with Crippen molar-refractivity contribution < 1.29 is 4.79 Å². The molecule has 2 rings (SSSR count). The Hall–Kier alpha value is -1.14. The monoisotopic (exact) mass is 268 g/mol. The van der Waals surface area contributed by atoms with E-state index < -0.39 is 0 Å². The number of carbonyl (C=O) groups is 1. The molecule has 0 saturated carbocycles. The van der Waals surface area contributed by atoms with Crippen molar-refractivity contribution in [2.75, 3.05) is 31.9 Å². The molecule has 1 aromatic rings. The molecule has 2 heterocycles. The zero-order valence-corrected chi connectivity index (χ0v) is 12.0. The van der Waals surface area contributed by atoms with Crippen LogP contribution in [0.3, 0.4) is 0 Å². The fourth-order valence-electron chi connectivity index (χ4n) is 2.20. The van der Waals surface area contributed by atoms with E-state index in [-0.39, 0.29) is 5.91 Å². The van der Waals surface area contributed by atoms with Gasteiger partial charge < -0.3 is 10.6 Å². The van der Waals surface area contributed by atoms with Crippen LogP contribution >= 0.6 is 11.3 Å². The van der Waals surface area contributed by atoms with Crippen LogP contribution in [0.5, 0.6) is 0 Å². The average Bonchev–Trinajstić information content (AvgIpc) is 2.67. The van der Waals surface area contributed by atoms with E-state index in [9.17, 15) is 4.79 Å². The minimum atomic E-state index is 0.0742. The largest absolute Gasteiger partial charge is 0.375 e. The maximum atomic E-state index is 12.3. The highest BCUT2D eigenvalue weighted by Gasteiger charge is 2.25. The van der Waals surface area contributed by atoms with Gasteiger partial charge in [0.25, 0.3) is 5.91 Å². The number of nitrogens with zero attached hydrogens (tertiary/aromatic N) is 3. The molecule has 2 N–H and O–H groups in total. The molecule has 1 fully saturated rings. The molecule has 1 aliphatic rings. The summed E-state index contributed by atoms with van der Waals surface area (Å²) in [5.41, 5.74) is 6.38. The van der Waals surface area contributed by atoms with Crippen LogP contribution in [-0.4, -0.2) is 52.9 Å². The number of aromatic nitrogens is 1. The highest BCUT2D eigenvalue weighted by atomic mass is 32.1. The van der Waals surface area contributed by atoms with Crippen LogP contribution < -0.4 is 5.73 Å². The molecule has 0 bridgehead atoms. The lowest BCUT2D eigenvalue weighted by atomic mass is 10.2. The van der Waals surface area contributed by atoms with Crippen LogP contribution in [0.25, 0.3) is 0 Å². The van der Waals surface area contributed by atoms with Crippen LogP contribution in [0, 0.1) is 6.92 Å². The van der Waals surface area contributed by atoms with Crippen LogP contribution in [0.1, 0.15) is 29.2 Å². The third-order valence-electron chi connectivity index (χ3n) is 3.34. The standard InChI is InChI=1S/C12H20N4OS/c1-8(2)15-4-6-16(7-5-15)11(17)10-9(3)14-12(13)18-10/h8H,4-7H2,1-3H3,(H2,13,14). The van der Waals surface area contributed by atoms with Crippen molar-refractivity contribution in [2.45, 2.75) is 26.8 Å². The second-order valence-electron chi connectivity index (χ2n) is 4.89. The summed E-state index contributed by atoms with van der Waals surface area (Å²) in [6, 6.07) is 0.544. The predicted molar refractivity (Wildman–Crippen MR) is 73.9 cm³/mol. The molecular weight excluding hydrogens is 248 g/mol. The number of nitrogens with two attached hydrogens (primary N) is 1. The Balaban J connectivity index is 2.02. The summed E-state index contributed by atoms with van der Waals surface area (Å²) in [6.45, 7) is 9.66. The van der Waals surface area contributed by atoms with Gasteiger partial charge in [-0.05, 0) is 20.8 Å². The molecule has 0 aliphatic carbocycles. The van der Waals surface area contributed by atoms with E-state index in [0.717, 1.165) is 31.9 Å². The van der Waals surface area contributed by atoms with Gasteiger partial charge in [-0.1, -0.05) is 11.3 Å². The topological polar surface area (TPSA) is 62.5 Å². The quantitative estimate of drug-likeness (QED) is 0.875. The van der Waals surface area contributed by atoms with Crippen molar-refractivity contribution in [1.82, 2.24) is 14.8 Å². The molecule has 100 valence electrons. The van der Waals surface area contributed by atoms with Crippen molar-refractivity contribution >= 4 is 22.4 Å². The maximum absolute atomic E-state index is 12.3. The summed E-state index contributed by atoms with van der Waals surface area (Å²) >= 11 is 1.29. The first-order valence-corrected chi connectivity index (χ1v) is 7.07. The Bertz CT molecular complexity index is 435. The Labute approximate surface area is 112 Å². The molecule has 1 aliphatic heterocycles. The maximum Gasteiger partial charge on any atom is 0.266 e. The number of anilines is 1. The van der Waals surface area contributed by atoms with Gasteiger partial charge in [0.15, 0.2) is 5.13 Å². The molecular formula is C12H20N4OS. The van der Waals surface area contributed by atoms with Gasteiger partial charge >= 0.3 is 0 Å². The van der Waals surface area contributed by atoms with E-state index >= 15 is 0 Å². The second kappa shape index (κ2) is 5.24. The van der Waals surface area contributed by atoms with Crippen LogP contribution in [0.4, 0.5) is 5.13 Å². The third kappa shape index (κ3) is 2.64.